The second kappa shape index (κ2) is 5.28. The van der Waals surface area contributed by atoms with E-state index in [0.717, 1.165) is 38.5 Å². The highest BCUT2D eigenvalue weighted by Gasteiger charge is 2.38. The van der Waals surface area contributed by atoms with Gasteiger partial charge in [-0.05, 0) is 25.7 Å². The molecule has 0 spiro atoms. The Bertz CT molecular complexity index is 660. The molecule has 1 N–H and O–H groups in total. The lowest BCUT2D eigenvalue weighted by Gasteiger charge is -2.23. The molecule has 2 fully saturated rings. The Labute approximate surface area is 128 Å². The number of carbonyl (C=O) groups excluding carboxylic acids is 1. The third-order valence-electron chi connectivity index (χ3n) is 4.37. The van der Waals surface area contributed by atoms with Gasteiger partial charge in [0.1, 0.15) is 4.90 Å². The fraction of sp³-hybridized carbons (Fsp3) is 0.692. The molecule has 0 atom stereocenters. The first kappa shape index (κ1) is 14.8. The molecule has 1 amide bonds. The first-order valence-corrected chi connectivity index (χ1v) is 9.50. The van der Waals surface area contributed by atoms with E-state index in [1.807, 2.05) is 0 Å². The van der Waals surface area contributed by atoms with E-state index >= 15 is 0 Å². The minimum atomic E-state index is -4.00. The van der Waals surface area contributed by atoms with Crippen molar-refractivity contribution in [1.82, 2.24) is 15.1 Å². The number of aromatic amines is 1. The quantitative estimate of drug-likeness (QED) is 0.857. The van der Waals surface area contributed by atoms with Crippen LogP contribution < -0.4 is 0 Å². The number of aromatic nitrogens is 2. The van der Waals surface area contributed by atoms with Crippen molar-refractivity contribution in [2.45, 2.75) is 55.4 Å². The molecule has 2 aliphatic carbocycles. The van der Waals surface area contributed by atoms with Gasteiger partial charge in [-0.3, -0.25) is 9.89 Å². The van der Waals surface area contributed by atoms with Crippen molar-refractivity contribution < 1.29 is 13.2 Å². The van der Waals surface area contributed by atoms with E-state index in [9.17, 15) is 13.2 Å². The van der Waals surface area contributed by atoms with Crippen LogP contribution in [-0.2, 0) is 9.05 Å². The van der Waals surface area contributed by atoms with E-state index < -0.39 is 9.05 Å². The topological polar surface area (TPSA) is 83.1 Å². The Hall–Kier alpha value is -1.08. The van der Waals surface area contributed by atoms with Crippen molar-refractivity contribution in [3.05, 3.63) is 11.4 Å². The van der Waals surface area contributed by atoms with Crippen LogP contribution in [0.1, 0.15) is 60.6 Å². The predicted octanol–water partition coefficient (Wildman–Crippen LogP) is 2.23. The molecular formula is C13H18ClN3O3S. The van der Waals surface area contributed by atoms with Crippen LogP contribution in [0.15, 0.2) is 4.90 Å². The first-order chi connectivity index (χ1) is 9.89. The summed E-state index contributed by atoms with van der Waals surface area (Å²) in [5.74, 6) is -0.247. The summed E-state index contributed by atoms with van der Waals surface area (Å²) in [6, 6.07) is 0.157. The Morgan fingerprint density at radius 2 is 1.90 bits per heavy atom. The maximum atomic E-state index is 12.6. The minimum Gasteiger partial charge on any atom is -0.337 e. The summed E-state index contributed by atoms with van der Waals surface area (Å²) < 4.78 is 23.7. The zero-order valence-corrected chi connectivity index (χ0v) is 13.4. The summed E-state index contributed by atoms with van der Waals surface area (Å²) in [5, 5.41) is 6.66. The van der Waals surface area contributed by atoms with Crippen molar-refractivity contribution in [1.29, 1.82) is 0 Å². The second-order valence-electron chi connectivity index (χ2n) is 5.88. The molecule has 1 aromatic rings. The van der Waals surface area contributed by atoms with E-state index in [4.69, 9.17) is 10.7 Å². The van der Waals surface area contributed by atoms with E-state index in [-0.39, 0.29) is 28.5 Å². The van der Waals surface area contributed by atoms with Crippen molar-refractivity contribution in [2.24, 2.45) is 0 Å². The Morgan fingerprint density at radius 1 is 1.29 bits per heavy atom. The summed E-state index contributed by atoms with van der Waals surface area (Å²) in [7, 11) is 3.24. The Kier molecular flexibility index (Phi) is 3.73. The van der Waals surface area contributed by atoms with E-state index in [1.165, 1.54) is 0 Å². The number of nitrogens with one attached hydrogen (secondary N) is 1. The zero-order chi connectivity index (χ0) is 15.2. The largest absolute Gasteiger partial charge is 0.337 e. The minimum absolute atomic E-state index is 0.0682. The van der Waals surface area contributed by atoms with Crippen LogP contribution in [0.3, 0.4) is 0 Å². The van der Waals surface area contributed by atoms with Crippen molar-refractivity contribution >= 4 is 25.6 Å². The van der Waals surface area contributed by atoms with Crippen LogP contribution in [0, 0.1) is 0 Å². The summed E-state index contributed by atoms with van der Waals surface area (Å²) >= 11 is 0. The van der Waals surface area contributed by atoms with Gasteiger partial charge in [-0.15, -0.1) is 0 Å². The van der Waals surface area contributed by atoms with Gasteiger partial charge in [-0.1, -0.05) is 12.8 Å². The van der Waals surface area contributed by atoms with E-state index in [0.29, 0.717) is 5.69 Å². The molecule has 1 heterocycles. The molecule has 1 aromatic heterocycles. The van der Waals surface area contributed by atoms with Crippen LogP contribution >= 0.6 is 10.7 Å². The third-order valence-corrected chi connectivity index (χ3v) is 5.74. The van der Waals surface area contributed by atoms with Crippen LogP contribution in [0.2, 0.25) is 0 Å². The summed E-state index contributed by atoms with van der Waals surface area (Å²) in [5.41, 5.74) is 0.412. The molecule has 3 rings (SSSR count). The molecule has 21 heavy (non-hydrogen) atoms. The smallest absolute Gasteiger partial charge is 0.275 e. The van der Waals surface area contributed by atoms with Crippen LogP contribution in [0.5, 0.6) is 0 Å². The Morgan fingerprint density at radius 3 is 2.43 bits per heavy atom. The van der Waals surface area contributed by atoms with Gasteiger partial charge in [0, 0.05) is 29.7 Å². The molecule has 0 unspecified atom stereocenters. The molecule has 0 bridgehead atoms. The molecule has 6 nitrogen and oxygen atoms in total. The SMILES string of the molecule is CN(C(=O)c1n[nH]c(C2CC2)c1S(=O)(=O)Cl)C1CCCC1. The van der Waals surface area contributed by atoms with Crippen molar-refractivity contribution in [3.63, 3.8) is 0 Å². The van der Waals surface area contributed by atoms with Gasteiger partial charge in [0.15, 0.2) is 5.69 Å². The number of hydrogen-bond acceptors (Lipinski definition) is 4. The molecule has 2 saturated carbocycles. The summed E-state index contributed by atoms with van der Waals surface area (Å²) in [4.78, 5) is 14.1. The molecular weight excluding hydrogens is 314 g/mol. The van der Waals surface area contributed by atoms with Crippen LogP contribution in [0.4, 0.5) is 0 Å². The second-order valence-corrected chi connectivity index (χ2v) is 8.38. The fourth-order valence-electron chi connectivity index (χ4n) is 3.01. The molecule has 0 radical (unpaired) electrons. The zero-order valence-electron chi connectivity index (χ0n) is 11.8. The van der Waals surface area contributed by atoms with Gasteiger partial charge in [0.2, 0.25) is 0 Å². The van der Waals surface area contributed by atoms with Gasteiger partial charge in [0.05, 0.1) is 5.69 Å². The highest BCUT2D eigenvalue weighted by atomic mass is 35.7. The van der Waals surface area contributed by atoms with Gasteiger partial charge in [0.25, 0.3) is 15.0 Å². The number of H-pyrrole nitrogens is 1. The van der Waals surface area contributed by atoms with Crippen molar-refractivity contribution in [2.75, 3.05) is 7.05 Å². The number of nitrogens with zero attached hydrogens (tertiary/aromatic N) is 2. The number of halogens is 1. The van der Waals surface area contributed by atoms with Gasteiger partial charge in [-0.2, -0.15) is 5.10 Å². The lowest BCUT2D eigenvalue weighted by Crippen LogP contribution is -2.36. The van der Waals surface area contributed by atoms with Gasteiger partial charge < -0.3 is 4.90 Å². The lowest BCUT2D eigenvalue weighted by molar-refractivity contribution is 0.0725. The molecule has 8 heteroatoms. The highest BCUT2D eigenvalue weighted by Crippen LogP contribution is 2.43. The molecule has 0 aliphatic heterocycles. The van der Waals surface area contributed by atoms with E-state index in [2.05, 4.69) is 10.2 Å². The highest BCUT2D eigenvalue weighted by molar-refractivity contribution is 8.13. The van der Waals surface area contributed by atoms with Gasteiger partial charge in [-0.25, -0.2) is 8.42 Å². The van der Waals surface area contributed by atoms with E-state index in [1.54, 1.807) is 11.9 Å². The monoisotopic (exact) mass is 331 g/mol. The third kappa shape index (κ3) is 2.81. The average molecular weight is 332 g/mol. The number of hydrogen-bond donors (Lipinski definition) is 1. The van der Waals surface area contributed by atoms with Gasteiger partial charge >= 0.3 is 0 Å². The maximum Gasteiger partial charge on any atom is 0.275 e. The Balaban J connectivity index is 1.96. The number of rotatable bonds is 4. The maximum absolute atomic E-state index is 12.6. The molecule has 116 valence electrons. The molecule has 2 aliphatic rings. The number of carbonyl (C=O) groups is 1. The first-order valence-electron chi connectivity index (χ1n) is 7.19. The standard InChI is InChI=1S/C13H18ClN3O3S/c1-17(9-4-2-3-5-9)13(18)11-12(21(14,19)20)10(15-16-11)8-6-7-8/h8-9H,2-7H2,1H3,(H,15,16). The fourth-order valence-corrected chi connectivity index (χ4v) is 4.32. The summed E-state index contributed by atoms with van der Waals surface area (Å²) in [6.07, 6.45) is 5.88. The molecule has 0 saturated heterocycles. The molecule has 0 aromatic carbocycles. The normalized spacial score (nSPS) is 19.9. The van der Waals surface area contributed by atoms with Crippen LogP contribution in [-0.4, -0.2) is 42.5 Å². The average Bonchev–Trinajstić information content (AvgIpc) is 2.94. The van der Waals surface area contributed by atoms with Crippen LogP contribution in [0.25, 0.3) is 0 Å². The summed E-state index contributed by atoms with van der Waals surface area (Å²) in [6.45, 7) is 0. The number of amides is 1. The van der Waals surface area contributed by atoms with Crippen molar-refractivity contribution in [3.8, 4) is 0 Å². The predicted molar refractivity (Wildman–Crippen MR) is 78.0 cm³/mol. The lowest BCUT2D eigenvalue weighted by atomic mass is 10.2.